The predicted octanol–water partition coefficient (Wildman–Crippen LogP) is 2.81. The van der Waals surface area contributed by atoms with Gasteiger partial charge in [0.25, 0.3) is 0 Å². The summed E-state index contributed by atoms with van der Waals surface area (Å²) >= 11 is 0. The molecule has 0 unspecified atom stereocenters. The molecule has 0 aliphatic carbocycles. The number of hydrogen-bond acceptors (Lipinski definition) is 2. The van der Waals surface area contributed by atoms with Gasteiger partial charge in [0.1, 0.15) is 0 Å². The van der Waals surface area contributed by atoms with Crippen LogP contribution in [0.4, 0.5) is 0 Å². The zero-order valence-electron chi connectivity index (χ0n) is 6.71. The van der Waals surface area contributed by atoms with Gasteiger partial charge in [0.15, 0.2) is 0 Å². The Labute approximate surface area is 62.9 Å². The molecule has 0 aliphatic rings. The Hall–Kier alpha value is -0.530. The van der Waals surface area contributed by atoms with E-state index in [2.05, 4.69) is 12.1 Å². The van der Waals surface area contributed by atoms with Crippen LogP contribution in [0.25, 0.3) is 0 Å². The average Bonchev–Trinajstić information content (AvgIpc) is 1.97. The molecule has 0 aromatic heterocycles. The normalized spacial score (nSPS) is 10.9. The van der Waals surface area contributed by atoms with Gasteiger partial charge in [-0.2, -0.15) is 0 Å². The van der Waals surface area contributed by atoms with Crippen LogP contribution in [-0.2, 0) is 0 Å². The molecule has 0 aliphatic heterocycles. The maximum atomic E-state index is 8.04. The van der Waals surface area contributed by atoms with E-state index in [9.17, 15) is 0 Å². The van der Waals surface area contributed by atoms with E-state index in [0.29, 0.717) is 0 Å². The second-order valence-corrected chi connectivity index (χ2v) is 2.50. The van der Waals surface area contributed by atoms with E-state index < -0.39 is 0 Å². The minimum absolute atomic E-state index is 0.917. The summed E-state index contributed by atoms with van der Waals surface area (Å²) in [7, 11) is 0. The summed E-state index contributed by atoms with van der Waals surface area (Å²) in [5.74, 6) is 0. The van der Waals surface area contributed by atoms with Crippen LogP contribution in [0, 0.1) is 0 Å². The first-order valence-electron chi connectivity index (χ1n) is 4.07. The Morgan fingerprint density at radius 2 is 1.90 bits per heavy atom. The molecule has 0 bridgehead atoms. The van der Waals surface area contributed by atoms with Crippen molar-refractivity contribution in [1.82, 2.24) is 0 Å². The van der Waals surface area contributed by atoms with Crippen LogP contribution in [0.15, 0.2) is 5.16 Å². The van der Waals surface area contributed by atoms with Crippen molar-refractivity contribution < 1.29 is 5.21 Å². The van der Waals surface area contributed by atoms with E-state index >= 15 is 0 Å². The van der Waals surface area contributed by atoms with Crippen molar-refractivity contribution in [1.29, 1.82) is 0 Å². The second-order valence-electron chi connectivity index (χ2n) is 2.50. The SMILES string of the molecule is CCCCCCCC=NO. The van der Waals surface area contributed by atoms with Gasteiger partial charge in [-0.05, 0) is 12.8 Å². The van der Waals surface area contributed by atoms with Gasteiger partial charge in [0, 0.05) is 6.21 Å². The molecule has 0 amide bonds. The Morgan fingerprint density at radius 1 is 1.20 bits per heavy atom. The quantitative estimate of drug-likeness (QED) is 0.264. The van der Waals surface area contributed by atoms with E-state index in [1.54, 1.807) is 6.21 Å². The van der Waals surface area contributed by atoms with E-state index in [1.807, 2.05) is 0 Å². The summed E-state index contributed by atoms with van der Waals surface area (Å²) in [5, 5.41) is 11.0. The molecule has 0 spiro atoms. The number of oxime groups is 1. The van der Waals surface area contributed by atoms with Crippen LogP contribution < -0.4 is 0 Å². The lowest BCUT2D eigenvalue weighted by Gasteiger charge is -1.94. The van der Waals surface area contributed by atoms with Crippen molar-refractivity contribution in [3.05, 3.63) is 0 Å². The monoisotopic (exact) mass is 143 g/mol. The largest absolute Gasteiger partial charge is 0.411 e. The molecule has 0 radical (unpaired) electrons. The highest BCUT2D eigenvalue weighted by molar-refractivity contribution is 5.55. The van der Waals surface area contributed by atoms with Crippen LogP contribution >= 0.6 is 0 Å². The van der Waals surface area contributed by atoms with Gasteiger partial charge in [-0.25, -0.2) is 0 Å². The molecule has 0 fully saturated rings. The van der Waals surface area contributed by atoms with Gasteiger partial charge in [-0.3, -0.25) is 0 Å². The molecule has 0 rings (SSSR count). The summed E-state index contributed by atoms with van der Waals surface area (Å²) in [5.41, 5.74) is 0. The highest BCUT2D eigenvalue weighted by atomic mass is 16.4. The third-order valence-corrected chi connectivity index (χ3v) is 1.52. The van der Waals surface area contributed by atoms with Crippen LogP contribution in [0.3, 0.4) is 0 Å². The molecule has 10 heavy (non-hydrogen) atoms. The number of rotatable bonds is 6. The van der Waals surface area contributed by atoms with Crippen LogP contribution in [0.2, 0.25) is 0 Å². The van der Waals surface area contributed by atoms with Crippen molar-refractivity contribution in [2.75, 3.05) is 0 Å². The molecule has 0 aromatic rings. The topological polar surface area (TPSA) is 32.6 Å². The number of nitrogens with zero attached hydrogens (tertiary/aromatic N) is 1. The Balaban J connectivity index is 2.77. The fourth-order valence-corrected chi connectivity index (χ4v) is 0.897. The van der Waals surface area contributed by atoms with Crippen LogP contribution in [-0.4, -0.2) is 11.4 Å². The van der Waals surface area contributed by atoms with Gasteiger partial charge in [-0.15, -0.1) is 5.16 Å². The van der Waals surface area contributed by atoms with E-state index in [-0.39, 0.29) is 0 Å². The van der Waals surface area contributed by atoms with E-state index in [1.165, 1.54) is 25.7 Å². The minimum Gasteiger partial charge on any atom is -0.411 e. The first kappa shape index (κ1) is 9.47. The van der Waals surface area contributed by atoms with Gasteiger partial charge in [0.05, 0.1) is 0 Å². The maximum absolute atomic E-state index is 8.04. The maximum Gasteiger partial charge on any atom is 0.0435 e. The Bertz CT molecular complexity index is 81.3. The molecule has 0 heterocycles. The smallest absolute Gasteiger partial charge is 0.0435 e. The standard InChI is InChI=1S/C8H17NO/c1-2-3-4-5-6-7-8-9-10/h8,10H,2-7H2,1H3. The van der Waals surface area contributed by atoms with Gasteiger partial charge >= 0.3 is 0 Å². The molecule has 0 saturated carbocycles. The summed E-state index contributed by atoms with van der Waals surface area (Å²) in [6, 6.07) is 0. The summed E-state index contributed by atoms with van der Waals surface area (Å²) in [4.78, 5) is 0. The van der Waals surface area contributed by atoms with Gasteiger partial charge in [-0.1, -0.05) is 32.6 Å². The molecular formula is C8H17NO. The third-order valence-electron chi connectivity index (χ3n) is 1.52. The fraction of sp³-hybridized carbons (Fsp3) is 0.875. The lowest BCUT2D eigenvalue weighted by atomic mass is 10.1. The molecule has 0 atom stereocenters. The lowest BCUT2D eigenvalue weighted by molar-refractivity contribution is 0.320. The summed E-state index contributed by atoms with van der Waals surface area (Å²) in [6.07, 6.45) is 8.83. The molecule has 60 valence electrons. The van der Waals surface area contributed by atoms with Crippen molar-refractivity contribution in [2.45, 2.75) is 45.4 Å². The molecule has 0 aromatic carbocycles. The fourth-order valence-electron chi connectivity index (χ4n) is 0.897. The first-order chi connectivity index (χ1) is 4.91. The van der Waals surface area contributed by atoms with Crippen LogP contribution in [0.5, 0.6) is 0 Å². The van der Waals surface area contributed by atoms with Crippen molar-refractivity contribution in [3.63, 3.8) is 0 Å². The van der Waals surface area contributed by atoms with Gasteiger partial charge < -0.3 is 5.21 Å². The number of hydrogen-bond donors (Lipinski definition) is 1. The summed E-state index contributed by atoms with van der Waals surface area (Å²) in [6.45, 7) is 2.20. The van der Waals surface area contributed by atoms with Crippen molar-refractivity contribution >= 4 is 6.21 Å². The zero-order chi connectivity index (χ0) is 7.66. The van der Waals surface area contributed by atoms with Crippen molar-refractivity contribution in [2.24, 2.45) is 5.16 Å². The second kappa shape index (κ2) is 8.47. The zero-order valence-corrected chi connectivity index (χ0v) is 6.71. The molecule has 2 nitrogen and oxygen atoms in total. The van der Waals surface area contributed by atoms with Crippen LogP contribution in [0.1, 0.15) is 45.4 Å². The minimum atomic E-state index is 0.917. The third kappa shape index (κ3) is 7.47. The molecule has 2 heteroatoms. The number of unbranched alkanes of at least 4 members (excludes halogenated alkanes) is 5. The molecule has 1 N–H and O–H groups in total. The van der Waals surface area contributed by atoms with E-state index in [4.69, 9.17) is 5.21 Å². The Kier molecular flexibility index (Phi) is 8.02. The highest BCUT2D eigenvalue weighted by Gasteiger charge is 1.85. The van der Waals surface area contributed by atoms with E-state index in [0.717, 1.165) is 12.8 Å². The molecule has 0 saturated heterocycles. The highest BCUT2D eigenvalue weighted by Crippen LogP contribution is 2.03. The molecular weight excluding hydrogens is 126 g/mol. The summed E-state index contributed by atoms with van der Waals surface area (Å²) < 4.78 is 0. The van der Waals surface area contributed by atoms with Gasteiger partial charge in [0.2, 0.25) is 0 Å². The predicted molar refractivity (Wildman–Crippen MR) is 43.7 cm³/mol. The first-order valence-corrected chi connectivity index (χ1v) is 4.07. The Morgan fingerprint density at radius 3 is 2.50 bits per heavy atom. The lowest BCUT2D eigenvalue weighted by Crippen LogP contribution is -1.79. The van der Waals surface area contributed by atoms with Crippen molar-refractivity contribution in [3.8, 4) is 0 Å². The average molecular weight is 143 g/mol.